The Morgan fingerprint density at radius 2 is 1.94 bits per heavy atom. The summed E-state index contributed by atoms with van der Waals surface area (Å²) in [5, 5.41) is 3.36. The molecule has 1 heterocycles. The van der Waals surface area contributed by atoms with Crippen molar-refractivity contribution in [1.29, 1.82) is 0 Å². The third kappa shape index (κ3) is 2.67. The molecule has 1 aliphatic heterocycles. The zero-order chi connectivity index (χ0) is 12.4. The van der Waals surface area contributed by atoms with Gasteiger partial charge < -0.3 is 5.32 Å². The average molecular weight is 263 g/mol. The third-order valence-electron chi connectivity index (χ3n) is 4.18. The Kier molecular flexibility index (Phi) is 3.80. The summed E-state index contributed by atoms with van der Waals surface area (Å²) in [6.45, 7) is 2.18. The number of nitrogens with one attached hydrogen (secondary N) is 1. The van der Waals surface area contributed by atoms with Crippen LogP contribution in [-0.2, 0) is 23.6 Å². The molecule has 1 atom stereocenters. The van der Waals surface area contributed by atoms with Gasteiger partial charge in [0.1, 0.15) is 0 Å². The average Bonchev–Trinajstić information content (AvgIpc) is 2.87. The standard InChI is InChI=1S/C15H21NOS/c17-18(11-12-6-8-16-9-7-12)15-5-4-13-2-1-3-14(13)10-15/h4-5,10,12,16H,1-3,6-9,11H2. The van der Waals surface area contributed by atoms with Crippen LogP contribution in [-0.4, -0.2) is 23.1 Å². The molecule has 1 fully saturated rings. The zero-order valence-electron chi connectivity index (χ0n) is 10.8. The normalized spacial score (nSPS) is 21.8. The number of hydrogen-bond acceptors (Lipinski definition) is 2. The molecule has 3 rings (SSSR count). The predicted octanol–water partition coefficient (Wildman–Crippen LogP) is 2.28. The molecule has 0 radical (unpaired) electrons. The van der Waals surface area contributed by atoms with E-state index >= 15 is 0 Å². The fraction of sp³-hybridized carbons (Fsp3) is 0.600. The van der Waals surface area contributed by atoms with E-state index in [1.807, 2.05) is 0 Å². The Labute approximate surface area is 112 Å². The molecule has 2 nitrogen and oxygen atoms in total. The second kappa shape index (κ2) is 5.54. The molecule has 2 aliphatic rings. The van der Waals surface area contributed by atoms with Crippen LogP contribution in [0.15, 0.2) is 23.1 Å². The maximum Gasteiger partial charge on any atom is 0.0532 e. The van der Waals surface area contributed by atoms with Crippen LogP contribution in [0.25, 0.3) is 0 Å². The minimum absolute atomic E-state index is 0.639. The number of hydrogen-bond donors (Lipinski definition) is 1. The van der Waals surface area contributed by atoms with Crippen molar-refractivity contribution in [3.63, 3.8) is 0 Å². The van der Waals surface area contributed by atoms with Crippen LogP contribution >= 0.6 is 0 Å². The van der Waals surface area contributed by atoms with E-state index in [1.54, 1.807) is 0 Å². The van der Waals surface area contributed by atoms with Gasteiger partial charge in [-0.05, 0) is 74.4 Å². The lowest BCUT2D eigenvalue weighted by molar-refractivity contribution is 0.405. The summed E-state index contributed by atoms with van der Waals surface area (Å²) in [5.74, 6) is 1.49. The number of piperidine rings is 1. The van der Waals surface area contributed by atoms with E-state index in [0.29, 0.717) is 5.92 Å². The van der Waals surface area contributed by atoms with Gasteiger partial charge in [0.05, 0.1) is 10.8 Å². The summed E-state index contributed by atoms with van der Waals surface area (Å²) in [6.07, 6.45) is 6.00. The Balaban J connectivity index is 1.68. The van der Waals surface area contributed by atoms with Gasteiger partial charge >= 0.3 is 0 Å². The molecule has 0 saturated carbocycles. The van der Waals surface area contributed by atoms with Crippen molar-refractivity contribution in [2.45, 2.75) is 37.0 Å². The summed E-state index contributed by atoms with van der Waals surface area (Å²) in [6, 6.07) is 6.47. The highest BCUT2D eigenvalue weighted by Crippen LogP contribution is 2.25. The second-order valence-electron chi connectivity index (χ2n) is 5.49. The van der Waals surface area contributed by atoms with Crippen molar-refractivity contribution >= 4 is 10.8 Å². The van der Waals surface area contributed by atoms with Gasteiger partial charge in [0, 0.05) is 10.6 Å². The molecule has 1 aromatic carbocycles. The molecule has 0 spiro atoms. The number of fused-ring (bicyclic) bond motifs is 1. The van der Waals surface area contributed by atoms with Crippen molar-refractivity contribution in [2.24, 2.45) is 5.92 Å². The van der Waals surface area contributed by atoms with Gasteiger partial charge in [-0.2, -0.15) is 0 Å². The van der Waals surface area contributed by atoms with Crippen LogP contribution in [0.2, 0.25) is 0 Å². The van der Waals surface area contributed by atoms with E-state index in [4.69, 9.17) is 0 Å². The molecule has 1 saturated heterocycles. The third-order valence-corrected chi connectivity index (χ3v) is 5.73. The summed E-state index contributed by atoms with van der Waals surface area (Å²) in [4.78, 5) is 1.05. The lowest BCUT2D eigenvalue weighted by Crippen LogP contribution is -2.30. The van der Waals surface area contributed by atoms with Crippen LogP contribution in [0.3, 0.4) is 0 Å². The first-order chi connectivity index (χ1) is 8.83. The smallest absolute Gasteiger partial charge is 0.0532 e. The van der Waals surface area contributed by atoms with E-state index in [2.05, 4.69) is 23.5 Å². The van der Waals surface area contributed by atoms with Crippen LogP contribution in [0.4, 0.5) is 0 Å². The SMILES string of the molecule is O=S(CC1CCNCC1)c1ccc2c(c1)CCC2. The van der Waals surface area contributed by atoms with Crippen LogP contribution in [0.5, 0.6) is 0 Å². The molecule has 0 bridgehead atoms. The fourth-order valence-corrected chi connectivity index (χ4v) is 4.50. The van der Waals surface area contributed by atoms with Crippen molar-refractivity contribution in [3.05, 3.63) is 29.3 Å². The van der Waals surface area contributed by atoms with Crippen LogP contribution in [0, 0.1) is 5.92 Å². The van der Waals surface area contributed by atoms with Crippen molar-refractivity contribution < 1.29 is 4.21 Å². The highest BCUT2D eigenvalue weighted by molar-refractivity contribution is 7.85. The number of rotatable bonds is 3. The maximum atomic E-state index is 12.4. The summed E-state index contributed by atoms with van der Waals surface area (Å²) < 4.78 is 12.4. The maximum absolute atomic E-state index is 12.4. The van der Waals surface area contributed by atoms with Crippen LogP contribution in [0.1, 0.15) is 30.4 Å². The minimum Gasteiger partial charge on any atom is -0.317 e. The van der Waals surface area contributed by atoms with Gasteiger partial charge in [-0.25, -0.2) is 0 Å². The summed E-state index contributed by atoms with van der Waals surface area (Å²) in [5.41, 5.74) is 2.91. The Bertz CT molecular complexity index is 452. The Morgan fingerprint density at radius 3 is 2.78 bits per heavy atom. The molecule has 1 unspecified atom stereocenters. The Morgan fingerprint density at radius 1 is 1.17 bits per heavy atom. The zero-order valence-corrected chi connectivity index (χ0v) is 11.6. The van der Waals surface area contributed by atoms with Gasteiger partial charge in [-0.15, -0.1) is 0 Å². The van der Waals surface area contributed by atoms with E-state index in [0.717, 1.165) is 23.7 Å². The molecule has 98 valence electrons. The lowest BCUT2D eigenvalue weighted by atomic mass is 10.0. The molecule has 1 aliphatic carbocycles. The molecule has 1 N–H and O–H groups in total. The van der Waals surface area contributed by atoms with E-state index in [-0.39, 0.29) is 0 Å². The second-order valence-corrected chi connectivity index (χ2v) is 6.99. The number of benzene rings is 1. The van der Waals surface area contributed by atoms with Crippen LogP contribution < -0.4 is 5.32 Å². The van der Waals surface area contributed by atoms with E-state index < -0.39 is 10.8 Å². The highest BCUT2D eigenvalue weighted by Gasteiger charge is 2.18. The molecule has 0 amide bonds. The predicted molar refractivity (Wildman–Crippen MR) is 75.3 cm³/mol. The fourth-order valence-electron chi connectivity index (χ4n) is 3.05. The minimum atomic E-state index is -0.801. The van der Waals surface area contributed by atoms with Gasteiger partial charge in [0.2, 0.25) is 0 Å². The monoisotopic (exact) mass is 263 g/mol. The molecule has 18 heavy (non-hydrogen) atoms. The Hall–Kier alpha value is -0.670. The molecular formula is C15H21NOS. The van der Waals surface area contributed by atoms with Gasteiger partial charge in [-0.1, -0.05) is 6.07 Å². The first-order valence-corrected chi connectivity index (χ1v) is 8.36. The largest absolute Gasteiger partial charge is 0.317 e. The van der Waals surface area contributed by atoms with Crippen molar-refractivity contribution in [1.82, 2.24) is 5.32 Å². The summed E-state index contributed by atoms with van der Waals surface area (Å²) in [7, 11) is -0.801. The number of aryl methyl sites for hydroxylation is 2. The van der Waals surface area contributed by atoms with Crippen molar-refractivity contribution in [2.75, 3.05) is 18.8 Å². The van der Waals surface area contributed by atoms with E-state index in [1.165, 1.54) is 43.2 Å². The molecular weight excluding hydrogens is 242 g/mol. The van der Waals surface area contributed by atoms with Gasteiger partial charge in [-0.3, -0.25) is 4.21 Å². The first kappa shape index (κ1) is 12.4. The quantitative estimate of drug-likeness (QED) is 0.906. The lowest BCUT2D eigenvalue weighted by Gasteiger charge is -2.22. The highest BCUT2D eigenvalue weighted by atomic mass is 32.2. The molecule has 1 aromatic rings. The van der Waals surface area contributed by atoms with Gasteiger partial charge in [0.15, 0.2) is 0 Å². The molecule has 3 heteroatoms. The molecule has 0 aromatic heterocycles. The van der Waals surface area contributed by atoms with E-state index in [9.17, 15) is 4.21 Å². The first-order valence-electron chi connectivity index (χ1n) is 7.04. The van der Waals surface area contributed by atoms with Gasteiger partial charge in [0.25, 0.3) is 0 Å². The topological polar surface area (TPSA) is 29.1 Å². The van der Waals surface area contributed by atoms with Crippen molar-refractivity contribution in [3.8, 4) is 0 Å². The summed E-state index contributed by atoms with van der Waals surface area (Å²) >= 11 is 0.